The molecule has 0 spiro atoms. The summed E-state index contributed by atoms with van der Waals surface area (Å²) in [6.45, 7) is 3.72. The molecule has 1 amide bonds. The number of amides is 1. The number of nitrogens with one attached hydrogen (secondary N) is 1. The van der Waals surface area contributed by atoms with Gasteiger partial charge >= 0.3 is 0 Å². The lowest BCUT2D eigenvalue weighted by atomic mass is 10.3. The Bertz CT molecular complexity index is 150. The van der Waals surface area contributed by atoms with Crippen LogP contribution in [0.1, 0.15) is 20.3 Å². The highest BCUT2D eigenvalue weighted by Gasteiger charge is 1.93. The van der Waals surface area contributed by atoms with Crippen LogP contribution in [0, 0.1) is 0 Å². The summed E-state index contributed by atoms with van der Waals surface area (Å²) < 4.78 is 11.5. The lowest BCUT2D eigenvalue weighted by Crippen LogP contribution is -2.22. The molecule has 0 saturated heterocycles. The Morgan fingerprint density at radius 3 is 2.64 bits per heavy atom. The molecule has 3 heteroatoms. The molecule has 0 aromatic heterocycles. The predicted octanol–water partition coefficient (Wildman–Crippen LogP) is 1.43. The first-order chi connectivity index (χ1) is 5.16. The normalized spacial score (nSPS) is 9.00. The van der Waals surface area contributed by atoms with Crippen LogP contribution in [0.25, 0.3) is 0 Å². The topological polar surface area (TPSA) is 29.1 Å². The molecule has 0 atom stereocenters. The molecule has 0 rings (SSSR count). The van der Waals surface area contributed by atoms with Gasteiger partial charge < -0.3 is 5.32 Å². The third-order valence-corrected chi connectivity index (χ3v) is 1.03. The highest BCUT2D eigenvalue weighted by atomic mass is 19.1. The molecular formula is C8H14FNO. The molecule has 0 aliphatic carbocycles. The van der Waals surface area contributed by atoms with Gasteiger partial charge in [0.25, 0.3) is 0 Å². The van der Waals surface area contributed by atoms with Crippen LogP contribution < -0.4 is 5.32 Å². The van der Waals surface area contributed by atoms with Gasteiger partial charge in [-0.1, -0.05) is 5.57 Å². The largest absolute Gasteiger partial charge is 0.352 e. The van der Waals surface area contributed by atoms with E-state index in [1.807, 2.05) is 13.8 Å². The van der Waals surface area contributed by atoms with Crippen molar-refractivity contribution in [3.05, 3.63) is 11.6 Å². The van der Waals surface area contributed by atoms with Gasteiger partial charge in [-0.05, 0) is 20.3 Å². The van der Waals surface area contributed by atoms with Crippen molar-refractivity contribution in [3.63, 3.8) is 0 Å². The van der Waals surface area contributed by atoms with Crippen molar-refractivity contribution in [3.8, 4) is 0 Å². The molecule has 64 valence electrons. The van der Waals surface area contributed by atoms with E-state index in [0.717, 1.165) is 5.57 Å². The summed E-state index contributed by atoms with van der Waals surface area (Å²) >= 11 is 0. The van der Waals surface area contributed by atoms with E-state index in [1.54, 1.807) is 0 Å². The van der Waals surface area contributed by atoms with E-state index in [4.69, 9.17) is 0 Å². The summed E-state index contributed by atoms with van der Waals surface area (Å²) in [6.07, 6.45) is 1.89. The molecule has 11 heavy (non-hydrogen) atoms. The Morgan fingerprint density at radius 1 is 1.55 bits per heavy atom. The molecule has 0 fully saturated rings. The zero-order valence-electron chi connectivity index (χ0n) is 6.98. The summed E-state index contributed by atoms with van der Waals surface area (Å²) in [4.78, 5) is 10.8. The maximum absolute atomic E-state index is 11.5. The third-order valence-electron chi connectivity index (χ3n) is 1.03. The molecule has 2 nitrogen and oxygen atoms in total. The Morgan fingerprint density at radius 2 is 2.18 bits per heavy atom. The number of alkyl halides is 1. The van der Waals surface area contributed by atoms with Gasteiger partial charge in [0.1, 0.15) is 0 Å². The first kappa shape index (κ1) is 10.1. The van der Waals surface area contributed by atoms with E-state index in [0.29, 0.717) is 13.0 Å². The van der Waals surface area contributed by atoms with Crippen LogP contribution in [-0.4, -0.2) is 19.1 Å². The summed E-state index contributed by atoms with van der Waals surface area (Å²) in [5.41, 5.74) is 0.947. The Kier molecular flexibility index (Phi) is 5.43. The molecule has 1 N–H and O–H groups in total. The van der Waals surface area contributed by atoms with Gasteiger partial charge in [-0.2, -0.15) is 0 Å². The van der Waals surface area contributed by atoms with Gasteiger partial charge in [0.15, 0.2) is 0 Å². The van der Waals surface area contributed by atoms with Crippen LogP contribution in [0.2, 0.25) is 0 Å². The van der Waals surface area contributed by atoms with E-state index in [9.17, 15) is 9.18 Å². The first-order valence-electron chi connectivity index (χ1n) is 3.65. The number of hydrogen-bond acceptors (Lipinski definition) is 1. The number of allylic oxidation sites excluding steroid dienone is 1. The van der Waals surface area contributed by atoms with Gasteiger partial charge in [0.05, 0.1) is 6.67 Å². The zero-order valence-corrected chi connectivity index (χ0v) is 6.98. The highest BCUT2D eigenvalue weighted by molar-refractivity contribution is 5.87. The minimum absolute atomic E-state index is 0.140. The van der Waals surface area contributed by atoms with Gasteiger partial charge in [0, 0.05) is 12.6 Å². The van der Waals surface area contributed by atoms with E-state index in [-0.39, 0.29) is 12.6 Å². The molecule has 0 bridgehead atoms. The van der Waals surface area contributed by atoms with Crippen molar-refractivity contribution in [2.45, 2.75) is 20.3 Å². The molecule has 0 aliphatic rings. The number of rotatable bonds is 4. The van der Waals surface area contributed by atoms with E-state index in [1.165, 1.54) is 6.08 Å². The van der Waals surface area contributed by atoms with Crippen LogP contribution >= 0.6 is 0 Å². The average molecular weight is 159 g/mol. The summed E-state index contributed by atoms with van der Waals surface area (Å²) in [5, 5.41) is 2.56. The van der Waals surface area contributed by atoms with Crippen molar-refractivity contribution < 1.29 is 9.18 Å². The SMILES string of the molecule is CC(C)=CC(=O)NCCCF. The highest BCUT2D eigenvalue weighted by Crippen LogP contribution is 1.87. The second-order valence-electron chi connectivity index (χ2n) is 2.56. The van der Waals surface area contributed by atoms with Crippen LogP contribution in [0.3, 0.4) is 0 Å². The van der Waals surface area contributed by atoms with Crippen molar-refractivity contribution in [1.82, 2.24) is 5.32 Å². The predicted molar refractivity (Wildman–Crippen MR) is 43.0 cm³/mol. The number of hydrogen-bond donors (Lipinski definition) is 1. The molecule has 0 heterocycles. The fourth-order valence-corrected chi connectivity index (χ4v) is 0.592. The quantitative estimate of drug-likeness (QED) is 0.488. The maximum atomic E-state index is 11.5. The summed E-state index contributed by atoms with van der Waals surface area (Å²) in [6, 6.07) is 0. The lowest BCUT2D eigenvalue weighted by Gasteiger charge is -1.98. The molecule has 0 unspecified atom stereocenters. The van der Waals surface area contributed by atoms with Crippen LogP contribution in [0.15, 0.2) is 11.6 Å². The van der Waals surface area contributed by atoms with Gasteiger partial charge in [-0.3, -0.25) is 9.18 Å². The van der Waals surface area contributed by atoms with Crippen molar-refractivity contribution >= 4 is 5.91 Å². The smallest absolute Gasteiger partial charge is 0.243 e. The molecule has 0 aromatic rings. The second kappa shape index (κ2) is 5.89. The Hall–Kier alpha value is -0.860. The monoisotopic (exact) mass is 159 g/mol. The van der Waals surface area contributed by atoms with E-state index >= 15 is 0 Å². The molecule has 0 radical (unpaired) electrons. The Labute approximate surface area is 66.5 Å². The molecule has 0 aliphatic heterocycles. The lowest BCUT2D eigenvalue weighted by molar-refractivity contribution is -0.116. The van der Waals surface area contributed by atoms with Gasteiger partial charge in [-0.25, -0.2) is 0 Å². The standard InChI is InChI=1S/C8H14FNO/c1-7(2)6-8(11)10-5-3-4-9/h6H,3-5H2,1-2H3,(H,10,11). The van der Waals surface area contributed by atoms with Crippen LogP contribution in [0.5, 0.6) is 0 Å². The molecule has 0 aromatic carbocycles. The number of carbonyl (C=O) groups excluding carboxylic acids is 1. The van der Waals surface area contributed by atoms with E-state index < -0.39 is 0 Å². The first-order valence-corrected chi connectivity index (χ1v) is 3.65. The second-order valence-corrected chi connectivity index (χ2v) is 2.56. The minimum atomic E-state index is -0.380. The van der Waals surface area contributed by atoms with Crippen molar-refractivity contribution in [2.75, 3.05) is 13.2 Å². The van der Waals surface area contributed by atoms with Crippen molar-refractivity contribution in [2.24, 2.45) is 0 Å². The summed E-state index contributed by atoms with van der Waals surface area (Å²) in [5.74, 6) is -0.140. The third kappa shape index (κ3) is 7.03. The molecule has 0 saturated carbocycles. The molecular weight excluding hydrogens is 145 g/mol. The zero-order chi connectivity index (χ0) is 8.69. The maximum Gasteiger partial charge on any atom is 0.243 e. The fraction of sp³-hybridized carbons (Fsp3) is 0.625. The Balaban J connectivity index is 3.46. The average Bonchev–Trinajstić information content (AvgIpc) is 1.86. The number of carbonyl (C=O) groups is 1. The fourth-order valence-electron chi connectivity index (χ4n) is 0.592. The van der Waals surface area contributed by atoms with E-state index in [2.05, 4.69) is 5.32 Å². The van der Waals surface area contributed by atoms with Gasteiger partial charge in [0.2, 0.25) is 5.91 Å². The van der Waals surface area contributed by atoms with Crippen LogP contribution in [-0.2, 0) is 4.79 Å². The van der Waals surface area contributed by atoms with Crippen LogP contribution in [0.4, 0.5) is 4.39 Å². The summed E-state index contributed by atoms with van der Waals surface area (Å²) in [7, 11) is 0. The minimum Gasteiger partial charge on any atom is -0.352 e. The number of halogens is 1. The van der Waals surface area contributed by atoms with Crippen molar-refractivity contribution in [1.29, 1.82) is 0 Å². The van der Waals surface area contributed by atoms with Gasteiger partial charge in [-0.15, -0.1) is 0 Å².